The molecule has 4 nitrogen and oxygen atoms in total. The predicted molar refractivity (Wildman–Crippen MR) is 93.0 cm³/mol. The van der Waals surface area contributed by atoms with Gasteiger partial charge in [0.05, 0.1) is 10.2 Å². The first kappa shape index (κ1) is 15.6. The van der Waals surface area contributed by atoms with E-state index in [9.17, 15) is 13.6 Å². The van der Waals surface area contributed by atoms with Crippen molar-refractivity contribution in [3.05, 3.63) is 34.7 Å². The molecule has 8 heteroatoms. The van der Waals surface area contributed by atoms with Gasteiger partial charge < -0.3 is 10.6 Å². The van der Waals surface area contributed by atoms with Crippen LogP contribution in [0.1, 0.15) is 10.4 Å². The fourth-order valence-electron chi connectivity index (χ4n) is 2.79. The first-order valence-corrected chi connectivity index (χ1v) is 9.07. The minimum absolute atomic E-state index is 0.466. The Morgan fingerprint density at radius 3 is 2.92 bits per heavy atom. The maximum atomic E-state index is 12.7. The number of carbonyl (C=O) groups is 1. The Kier molecular flexibility index (Phi) is 4.03. The molecule has 0 aliphatic carbocycles. The second-order valence-corrected chi connectivity index (χ2v) is 7.55. The molecule has 0 spiro atoms. The van der Waals surface area contributed by atoms with E-state index in [0.29, 0.717) is 11.5 Å². The van der Waals surface area contributed by atoms with Gasteiger partial charge in [0.15, 0.2) is 0 Å². The van der Waals surface area contributed by atoms with E-state index in [4.69, 9.17) is 0 Å². The molecule has 0 fully saturated rings. The molecule has 1 aromatic carbocycles. The Hall–Kier alpha value is -1.90. The minimum atomic E-state index is -3.04. The van der Waals surface area contributed by atoms with E-state index >= 15 is 0 Å². The highest BCUT2D eigenvalue weighted by Gasteiger charge is 2.26. The Morgan fingerprint density at radius 2 is 2.12 bits per heavy atom. The van der Waals surface area contributed by atoms with Gasteiger partial charge in [-0.25, -0.2) is 4.98 Å². The van der Waals surface area contributed by atoms with Crippen LogP contribution in [-0.4, -0.2) is 23.9 Å². The van der Waals surface area contributed by atoms with Gasteiger partial charge >= 0.3 is 6.43 Å². The molecule has 0 atom stereocenters. The number of benzene rings is 1. The third-order valence-electron chi connectivity index (χ3n) is 3.87. The number of rotatable bonds is 3. The number of amides is 1. The zero-order chi connectivity index (χ0) is 16.7. The van der Waals surface area contributed by atoms with E-state index in [0.717, 1.165) is 44.2 Å². The first-order valence-electron chi connectivity index (χ1n) is 7.43. The van der Waals surface area contributed by atoms with Crippen molar-refractivity contribution < 1.29 is 13.6 Å². The summed E-state index contributed by atoms with van der Waals surface area (Å²) in [6, 6.07) is 7.76. The lowest BCUT2D eigenvalue weighted by molar-refractivity contribution is -0.126. The van der Waals surface area contributed by atoms with E-state index in [1.54, 1.807) is 0 Å². The summed E-state index contributed by atoms with van der Waals surface area (Å²) in [4.78, 5) is 17.2. The number of anilines is 1. The summed E-state index contributed by atoms with van der Waals surface area (Å²) >= 11 is 2.87. The number of halogens is 2. The number of hydrogen-bond acceptors (Lipinski definition) is 5. The molecule has 0 saturated heterocycles. The number of hydrogen-bond donors (Lipinski definition) is 2. The van der Waals surface area contributed by atoms with Crippen molar-refractivity contribution in [1.82, 2.24) is 10.3 Å². The molecule has 3 aromatic rings. The third kappa shape index (κ3) is 2.70. The van der Waals surface area contributed by atoms with Gasteiger partial charge in [0.1, 0.15) is 10.0 Å². The Bertz CT molecular complexity index is 886. The Labute approximate surface area is 144 Å². The molecule has 1 aliphatic rings. The molecular formula is C16H13F2N3OS2. The molecule has 2 N–H and O–H groups in total. The van der Waals surface area contributed by atoms with Crippen molar-refractivity contribution in [2.24, 2.45) is 0 Å². The van der Waals surface area contributed by atoms with Crippen LogP contribution in [0.5, 0.6) is 0 Å². The average molecular weight is 365 g/mol. The molecule has 124 valence electrons. The Morgan fingerprint density at radius 1 is 1.29 bits per heavy atom. The lowest BCUT2D eigenvalue weighted by Crippen LogP contribution is -2.22. The normalized spacial score (nSPS) is 14.1. The molecule has 1 aliphatic heterocycles. The summed E-state index contributed by atoms with van der Waals surface area (Å²) in [6.45, 7) is 1.51. The summed E-state index contributed by atoms with van der Waals surface area (Å²) < 4.78 is 26.4. The third-order valence-corrected chi connectivity index (χ3v) is 6.07. The van der Waals surface area contributed by atoms with Crippen LogP contribution in [0.3, 0.4) is 0 Å². The SMILES string of the molecule is O=C(Nc1sc2c(c1-c1nc3ccccc3s1)CCNC2)C(F)F. The number of thiophene rings is 1. The number of nitrogens with zero attached hydrogens (tertiary/aromatic N) is 1. The van der Waals surface area contributed by atoms with E-state index in [2.05, 4.69) is 15.6 Å². The van der Waals surface area contributed by atoms with Crippen molar-refractivity contribution >= 4 is 43.8 Å². The van der Waals surface area contributed by atoms with Gasteiger partial charge in [-0.3, -0.25) is 4.79 Å². The lowest BCUT2D eigenvalue weighted by atomic mass is 10.0. The van der Waals surface area contributed by atoms with E-state index in [1.165, 1.54) is 22.7 Å². The van der Waals surface area contributed by atoms with Crippen molar-refractivity contribution in [3.63, 3.8) is 0 Å². The highest BCUT2D eigenvalue weighted by Crippen LogP contribution is 2.44. The average Bonchev–Trinajstić information content (AvgIpc) is 3.14. The highest BCUT2D eigenvalue weighted by molar-refractivity contribution is 7.22. The van der Waals surface area contributed by atoms with Gasteiger partial charge in [-0.1, -0.05) is 12.1 Å². The van der Waals surface area contributed by atoms with Crippen molar-refractivity contribution in [3.8, 4) is 10.6 Å². The molecule has 3 heterocycles. The van der Waals surface area contributed by atoms with Gasteiger partial charge in [-0.15, -0.1) is 22.7 Å². The van der Waals surface area contributed by atoms with Gasteiger partial charge in [-0.2, -0.15) is 8.78 Å². The van der Waals surface area contributed by atoms with Crippen LogP contribution in [0.15, 0.2) is 24.3 Å². The van der Waals surface area contributed by atoms with Crippen LogP contribution in [0.25, 0.3) is 20.8 Å². The van der Waals surface area contributed by atoms with Gasteiger partial charge in [0, 0.05) is 17.0 Å². The monoisotopic (exact) mass is 365 g/mol. The predicted octanol–water partition coefficient (Wildman–Crippen LogP) is 3.87. The smallest absolute Gasteiger partial charge is 0.312 e. The summed E-state index contributed by atoms with van der Waals surface area (Å²) in [5.74, 6) is -1.27. The first-order chi connectivity index (χ1) is 11.6. The second kappa shape index (κ2) is 6.19. The summed E-state index contributed by atoms with van der Waals surface area (Å²) in [5.41, 5.74) is 2.77. The van der Waals surface area contributed by atoms with Crippen LogP contribution in [0.2, 0.25) is 0 Å². The summed E-state index contributed by atoms with van der Waals surface area (Å²) in [6.07, 6.45) is -2.24. The zero-order valence-corrected chi connectivity index (χ0v) is 14.1. The van der Waals surface area contributed by atoms with Crippen molar-refractivity contribution in [2.75, 3.05) is 11.9 Å². The maximum absolute atomic E-state index is 12.7. The van der Waals surface area contributed by atoms with Crippen LogP contribution in [-0.2, 0) is 17.8 Å². The largest absolute Gasteiger partial charge is 0.315 e. The quantitative estimate of drug-likeness (QED) is 0.741. The fourth-order valence-corrected chi connectivity index (χ4v) is 5.13. The van der Waals surface area contributed by atoms with Crippen LogP contribution < -0.4 is 10.6 Å². The molecule has 0 radical (unpaired) electrons. The molecule has 0 saturated carbocycles. The standard InChI is InChI=1S/C16H13F2N3OS2/c17-13(18)14(22)21-16-12(8-5-6-19-7-11(8)24-16)15-20-9-3-1-2-4-10(9)23-15/h1-4,13,19H,5-7H2,(H,21,22). The molecular weight excluding hydrogens is 352 g/mol. The number of aromatic nitrogens is 1. The minimum Gasteiger partial charge on any atom is -0.312 e. The van der Waals surface area contributed by atoms with E-state index < -0.39 is 12.3 Å². The van der Waals surface area contributed by atoms with Crippen LogP contribution in [0.4, 0.5) is 13.8 Å². The lowest BCUT2D eigenvalue weighted by Gasteiger charge is -2.13. The number of para-hydroxylation sites is 1. The van der Waals surface area contributed by atoms with Gasteiger partial charge in [-0.05, 0) is 30.7 Å². The molecule has 2 aromatic heterocycles. The fraction of sp³-hybridized carbons (Fsp3) is 0.250. The number of fused-ring (bicyclic) bond motifs is 2. The maximum Gasteiger partial charge on any atom is 0.315 e. The van der Waals surface area contributed by atoms with Crippen molar-refractivity contribution in [2.45, 2.75) is 19.4 Å². The van der Waals surface area contributed by atoms with Crippen LogP contribution in [0, 0.1) is 0 Å². The van der Waals surface area contributed by atoms with E-state index in [-0.39, 0.29) is 0 Å². The summed E-state index contributed by atoms with van der Waals surface area (Å²) in [5, 5.41) is 6.88. The van der Waals surface area contributed by atoms with Crippen LogP contribution >= 0.6 is 22.7 Å². The number of nitrogens with one attached hydrogen (secondary N) is 2. The number of carbonyl (C=O) groups excluding carboxylic acids is 1. The van der Waals surface area contributed by atoms with E-state index in [1.807, 2.05) is 24.3 Å². The van der Waals surface area contributed by atoms with Gasteiger partial charge in [0.2, 0.25) is 0 Å². The second-order valence-electron chi connectivity index (χ2n) is 5.41. The number of thiazole rings is 1. The van der Waals surface area contributed by atoms with Crippen molar-refractivity contribution in [1.29, 1.82) is 0 Å². The topological polar surface area (TPSA) is 54.0 Å². The summed E-state index contributed by atoms with van der Waals surface area (Å²) in [7, 11) is 0. The molecule has 24 heavy (non-hydrogen) atoms. The number of alkyl halides is 2. The molecule has 4 rings (SSSR count). The molecule has 1 amide bonds. The van der Waals surface area contributed by atoms with Gasteiger partial charge in [0.25, 0.3) is 5.91 Å². The molecule has 0 unspecified atom stereocenters. The molecule has 0 bridgehead atoms. The highest BCUT2D eigenvalue weighted by atomic mass is 32.1. The zero-order valence-electron chi connectivity index (χ0n) is 12.4. The Balaban J connectivity index is 1.85.